The molecule has 0 bridgehead atoms. The number of nitrogens with zero attached hydrogens (tertiary/aromatic N) is 1. The summed E-state index contributed by atoms with van der Waals surface area (Å²) >= 11 is 0. The van der Waals surface area contributed by atoms with Gasteiger partial charge in [-0.2, -0.15) is 0 Å². The first-order chi connectivity index (χ1) is 7.84. The lowest BCUT2D eigenvalue weighted by Crippen LogP contribution is -2.44. The number of hydrogen-bond donors (Lipinski definition) is 2. The molecule has 1 unspecified atom stereocenters. The van der Waals surface area contributed by atoms with E-state index in [9.17, 15) is 9.90 Å². The van der Waals surface area contributed by atoms with Gasteiger partial charge in [-0.25, -0.2) is 0 Å². The molecule has 0 aromatic heterocycles. The fourth-order valence-electron chi connectivity index (χ4n) is 1.61. The van der Waals surface area contributed by atoms with Gasteiger partial charge in [-0.15, -0.1) is 0 Å². The molecule has 1 amide bonds. The second-order valence-electron chi connectivity index (χ2n) is 4.74. The van der Waals surface area contributed by atoms with Crippen LogP contribution < -0.4 is 5.73 Å². The average molecular weight is 246 g/mol. The summed E-state index contributed by atoms with van der Waals surface area (Å²) in [5.41, 5.74) is 4.65. The van der Waals surface area contributed by atoms with Crippen LogP contribution in [0.15, 0.2) is 0 Å². The third-order valence-electron chi connectivity index (χ3n) is 2.38. The van der Waals surface area contributed by atoms with Crippen molar-refractivity contribution >= 4 is 5.91 Å². The predicted molar refractivity (Wildman–Crippen MR) is 67.6 cm³/mol. The summed E-state index contributed by atoms with van der Waals surface area (Å²) in [6.45, 7) is 8.92. The second kappa shape index (κ2) is 7.63. The second-order valence-corrected chi connectivity index (χ2v) is 4.74. The van der Waals surface area contributed by atoms with Gasteiger partial charge in [-0.3, -0.25) is 4.79 Å². The van der Waals surface area contributed by atoms with Crippen LogP contribution >= 0.6 is 0 Å². The molecule has 0 rings (SSSR count). The van der Waals surface area contributed by atoms with Crippen molar-refractivity contribution in [2.45, 2.75) is 45.8 Å². The van der Waals surface area contributed by atoms with E-state index in [1.54, 1.807) is 18.7 Å². The average Bonchev–Trinajstić information content (AvgIpc) is 2.23. The molecule has 5 heteroatoms. The number of ether oxygens (including phenoxy) is 1. The minimum Gasteiger partial charge on any atom is -0.389 e. The van der Waals surface area contributed by atoms with Crippen molar-refractivity contribution in [1.82, 2.24) is 4.90 Å². The van der Waals surface area contributed by atoms with Gasteiger partial charge in [0.25, 0.3) is 0 Å². The Morgan fingerprint density at radius 2 is 2.06 bits per heavy atom. The van der Waals surface area contributed by atoms with Crippen LogP contribution in [0.2, 0.25) is 0 Å². The summed E-state index contributed by atoms with van der Waals surface area (Å²) in [6.07, 6.45) is 0.0391. The molecule has 102 valence electrons. The van der Waals surface area contributed by atoms with Gasteiger partial charge in [0, 0.05) is 26.2 Å². The third-order valence-corrected chi connectivity index (χ3v) is 2.38. The zero-order chi connectivity index (χ0) is 13.5. The largest absolute Gasteiger partial charge is 0.389 e. The summed E-state index contributed by atoms with van der Waals surface area (Å²) in [7, 11) is 0. The maximum absolute atomic E-state index is 12.0. The van der Waals surface area contributed by atoms with Crippen molar-refractivity contribution in [2.75, 3.05) is 26.2 Å². The van der Waals surface area contributed by atoms with E-state index >= 15 is 0 Å². The summed E-state index contributed by atoms with van der Waals surface area (Å²) in [5, 5.41) is 9.71. The number of rotatable bonds is 8. The predicted octanol–water partition coefficient (Wildman–Crippen LogP) is 0.360. The standard InChI is InChI=1S/C12H26N2O3/c1-5-14(9-12(3,4)16)11(15)7-10(8-13)17-6-2/h10,16H,5-9,13H2,1-4H3. The Labute approximate surface area is 104 Å². The van der Waals surface area contributed by atoms with E-state index in [0.29, 0.717) is 26.2 Å². The normalized spacial score (nSPS) is 13.5. The SMILES string of the molecule is CCOC(CN)CC(=O)N(CC)CC(C)(C)O. The highest BCUT2D eigenvalue weighted by atomic mass is 16.5. The van der Waals surface area contributed by atoms with Crippen molar-refractivity contribution < 1.29 is 14.6 Å². The smallest absolute Gasteiger partial charge is 0.225 e. The number of aliphatic hydroxyl groups is 1. The van der Waals surface area contributed by atoms with E-state index in [-0.39, 0.29) is 18.4 Å². The molecule has 0 fully saturated rings. The molecular formula is C12H26N2O3. The Morgan fingerprint density at radius 1 is 1.47 bits per heavy atom. The van der Waals surface area contributed by atoms with Gasteiger partial charge >= 0.3 is 0 Å². The fourth-order valence-corrected chi connectivity index (χ4v) is 1.61. The van der Waals surface area contributed by atoms with E-state index < -0.39 is 5.60 Å². The number of nitrogens with two attached hydrogens (primary N) is 1. The van der Waals surface area contributed by atoms with Crippen LogP contribution in [0.1, 0.15) is 34.1 Å². The Morgan fingerprint density at radius 3 is 2.41 bits per heavy atom. The van der Waals surface area contributed by atoms with Crippen LogP contribution in [0.5, 0.6) is 0 Å². The molecule has 0 radical (unpaired) electrons. The first-order valence-electron chi connectivity index (χ1n) is 6.15. The zero-order valence-corrected chi connectivity index (χ0v) is 11.4. The van der Waals surface area contributed by atoms with Crippen LogP contribution in [0, 0.1) is 0 Å². The van der Waals surface area contributed by atoms with Gasteiger partial charge in [0.05, 0.1) is 18.1 Å². The van der Waals surface area contributed by atoms with Crippen molar-refractivity contribution in [3.05, 3.63) is 0 Å². The molecule has 1 atom stereocenters. The molecule has 17 heavy (non-hydrogen) atoms. The van der Waals surface area contributed by atoms with Crippen LogP contribution in [0.3, 0.4) is 0 Å². The molecule has 0 aliphatic carbocycles. The van der Waals surface area contributed by atoms with Crippen molar-refractivity contribution in [3.63, 3.8) is 0 Å². The van der Waals surface area contributed by atoms with Crippen molar-refractivity contribution in [1.29, 1.82) is 0 Å². The highest BCUT2D eigenvalue weighted by Gasteiger charge is 2.23. The first kappa shape index (κ1) is 16.4. The topological polar surface area (TPSA) is 75.8 Å². The Kier molecular flexibility index (Phi) is 7.34. The van der Waals surface area contributed by atoms with Gasteiger partial charge < -0.3 is 20.5 Å². The minimum atomic E-state index is -0.879. The van der Waals surface area contributed by atoms with Gasteiger partial charge in [-0.05, 0) is 27.7 Å². The Hall–Kier alpha value is -0.650. The first-order valence-corrected chi connectivity index (χ1v) is 6.15. The van der Waals surface area contributed by atoms with Gasteiger partial charge in [-0.1, -0.05) is 0 Å². The fraction of sp³-hybridized carbons (Fsp3) is 0.917. The number of hydrogen-bond acceptors (Lipinski definition) is 4. The van der Waals surface area contributed by atoms with Gasteiger partial charge in [0.15, 0.2) is 0 Å². The summed E-state index contributed by atoms with van der Waals surface area (Å²) in [6, 6.07) is 0. The van der Waals surface area contributed by atoms with E-state index in [2.05, 4.69) is 0 Å². The summed E-state index contributed by atoms with van der Waals surface area (Å²) in [4.78, 5) is 13.6. The molecule has 3 N–H and O–H groups in total. The van der Waals surface area contributed by atoms with Gasteiger partial charge in [0.1, 0.15) is 0 Å². The molecule has 0 aliphatic rings. The van der Waals surface area contributed by atoms with Crippen LogP contribution in [0.4, 0.5) is 0 Å². The lowest BCUT2D eigenvalue weighted by molar-refractivity contribution is -0.136. The van der Waals surface area contributed by atoms with E-state index in [4.69, 9.17) is 10.5 Å². The zero-order valence-electron chi connectivity index (χ0n) is 11.4. The maximum Gasteiger partial charge on any atom is 0.225 e. The summed E-state index contributed by atoms with van der Waals surface area (Å²) in [5.74, 6) is -0.0291. The number of likely N-dealkylation sites (N-methyl/N-ethyl adjacent to an activating group) is 1. The van der Waals surface area contributed by atoms with Crippen LogP contribution in [-0.4, -0.2) is 53.9 Å². The molecule has 0 aromatic carbocycles. The molecule has 0 aliphatic heterocycles. The molecule has 0 heterocycles. The van der Waals surface area contributed by atoms with Crippen LogP contribution in [-0.2, 0) is 9.53 Å². The van der Waals surface area contributed by atoms with Crippen LogP contribution in [0.25, 0.3) is 0 Å². The molecule has 0 saturated carbocycles. The summed E-state index contributed by atoms with van der Waals surface area (Å²) < 4.78 is 5.35. The minimum absolute atomic E-state index is 0.0291. The number of carbonyl (C=O) groups is 1. The molecule has 5 nitrogen and oxygen atoms in total. The maximum atomic E-state index is 12.0. The van der Waals surface area contributed by atoms with E-state index in [1.165, 1.54) is 0 Å². The molecule has 0 spiro atoms. The quantitative estimate of drug-likeness (QED) is 0.648. The third kappa shape index (κ3) is 7.31. The van der Waals surface area contributed by atoms with E-state index in [0.717, 1.165) is 0 Å². The molecule has 0 saturated heterocycles. The number of amides is 1. The van der Waals surface area contributed by atoms with Crippen molar-refractivity contribution in [2.24, 2.45) is 5.73 Å². The van der Waals surface area contributed by atoms with E-state index in [1.807, 2.05) is 13.8 Å². The lowest BCUT2D eigenvalue weighted by Gasteiger charge is -2.29. The highest BCUT2D eigenvalue weighted by molar-refractivity contribution is 5.76. The monoisotopic (exact) mass is 246 g/mol. The molecular weight excluding hydrogens is 220 g/mol. The Bertz CT molecular complexity index is 226. The lowest BCUT2D eigenvalue weighted by atomic mass is 10.1. The number of carbonyl (C=O) groups excluding carboxylic acids is 1. The highest BCUT2D eigenvalue weighted by Crippen LogP contribution is 2.08. The Balaban J connectivity index is 4.33. The van der Waals surface area contributed by atoms with Crippen molar-refractivity contribution in [3.8, 4) is 0 Å². The molecule has 0 aromatic rings. The van der Waals surface area contributed by atoms with Gasteiger partial charge in [0.2, 0.25) is 5.91 Å².